The number of aromatic nitrogens is 4. The minimum atomic E-state index is -0.385. The first kappa shape index (κ1) is 14.7. The lowest BCUT2D eigenvalue weighted by atomic mass is 10.4. The van der Waals surface area contributed by atoms with Crippen LogP contribution in [0.5, 0.6) is 0 Å². The molecule has 0 amide bonds. The van der Waals surface area contributed by atoms with Gasteiger partial charge in [0.15, 0.2) is 0 Å². The number of nitrogens with zero attached hydrogens (tertiary/aromatic N) is 4. The fourth-order valence-electron chi connectivity index (χ4n) is 1.65. The minimum Gasteiger partial charge on any atom is -0.316 e. The summed E-state index contributed by atoms with van der Waals surface area (Å²) in [5, 5.41) is 11.2. The molecule has 0 aliphatic carbocycles. The molecule has 3 rings (SSSR count). The normalized spacial score (nSPS) is 10.6. The lowest BCUT2D eigenvalue weighted by Gasteiger charge is -2.01. The summed E-state index contributed by atoms with van der Waals surface area (Å²) in [7, 11) is 0. The third-order valence-corrected chi connectivity index (χ3v) is 4.90. The van der Waals surface area contributed by atoms with Crippen LogP contribution in [0.4, 0.5) is 0 Å². The number of hydrogen-bond acceptors (Lipinski definition) is 7. The predicted molar refractivity (Wildman–Crippen MR) is 83.6 cm³/mol. The van der Waals surface area contributed by atoms with Gasteiger partial charge in [0.05, 0.1) is 9.09 Å². The molecule has 22 heavy (non-hydrogen) atoms. The Morgan fingerprint density at radius 3 is 2.86 bits per heavy atom. The van der Waals surface area contributed by atoms with Gasteiger partial charge in [0.1, 0.15) is 0 Å². The van der Waals surface area contributed by atoms with Crippen LogP contribution in [-0.2, 0) is 4.79 Å². The quantitative estimate of drug-likeness (QED) is 0.669. The van der Waals surface area contributed by atoms with Gasteiger partial charge in [-0.1, -0.05) is 36.9 Å². The van der Waals surface area contributed by atoms with Gasteiger partial charge in [-0.05, 0) is 39.5 Å². The van der Waals surface area contributed by atoms with Crippen molar-refractivity contribution in [2.45, 2.75) is 22.4 Å². The smallest absolute Gasteiger partial charge is 0.316 e. The van der Waals surface area contributed by atoms with Crippen LogP contribution < -0.4 is 4.84 Å². The summed E-state index contributed by atoms with van der Waals surface area (Å²) in [5.41, 5.74) is 0. The summed E-state index contributed by atoms with van der Waals surface area (Å²) in [6, 6.07) is 14.0. The van der Waals surface area contributed by atoms with Crippen LogP contribution in [0.15, 0.2) is 51.6 Å². The predicted octanol–water partition coefficient (Wildman–Crippen LogP) is 2.92. The Kier molecular flexibility index (Phi) is 4.50. The van der Waals surface area contributed by atoms with Gasteiger partial charge in [-0.25, -0.2) is 4.79 Å². The maximum absolute atomic E-state index is 11.4. The third-order valence-electron chi connectivity index (χ3n) is 2.68. The van der Waals surface area contributed by atoms with Gasteiger partial charge < -0.3 is 4.84 Å². The molecule has 112 valence electrons. The molecule has 2 heterocycles. The third kappa shape index (κ3) is 3.34. The standard InChI is InChI=1S/C14H12N4O2S2/c1-2-12(19)20-18-14(15-16-17-18)11-8-9-13(22-11)21-10-6-4-3-5-7-10/h3-9H,2H2,1H3. The van der Waals surface area contributed by atoms with Gasteiger partial charge >= 0.3 is 5.97 Å². The van der Waals surface area contributed by atoms with E-state index in [0.29, 0.717) is 5.82 Å². The van der Waals surface area contributed by atoms with E-state index in [1.54, 1.807) is 30.0 Å². The lowest BCUT2D eigenvalue weighted by molar-refractivity contribution is -0.145. The van der Waals surface area contributed by atoms with Crippen molar-refractivity contribution in [1.29, 1.82) is 0 Å². The molecule has 0 spiro atoms. The van der Waals surface area contributed by atoms with E-state index < -0.39 is 0 Å². The molecule has 1 aromatic carbocycles. The Morgan fingerprint density at radius 1 is 1.27 bits per heavy atom. The molecule has 0 fully saturated rings. The van der Waals surface area contributed by atoms with Crippen molar-refractivity contribution in [3.8, 4) is 10.7 Å². The Balaban J connectivity index is 1.79. The minimum absolute atomic E-state index is 0.263. The van der Waals surface area contributed by atoms with E-state index in [4.69, 9.17) is 4.84 Å². The van der Waals surface area contributed by atoms with E-state index >= 15 is 0 Å². The highest BCUT2D eigenvalue weighted by molar-refractivity contribution is 8.01. The van der Waals surface area contributed by atoms with E-state index in [1.807, 2.05) is 30.3 Å². The number of thiophene rings is 1. The van der Waals surface area contributed by atoms with Crippen molar-refractivity contribution in [1.82, 2.24) is 20.4 Å². The largest absolute Gasteiger partial charge is 0.334 e. The van der Waals surface area contributed by atoms with Crippen molar-refractivity contribution in [2.75, 3.05) is 0 Å². The number of rotatable bonds is 5. The van der Waals surface area contributed by atoms with Crippen molar-refractivity contribution < 1.29 is 9.63 Å². The Morgan fingerprint density at radius 2 is 2.09 bits per heavy atom. The first-order chi connectivity index (χ1) is 10.8. The number of carbonyl (C=O) groups excluding carboxylic acids is 1. The summed E-state index contributed by atoms with van der Waals surface area (Å²) in [4.78, 5) is 19.5. The molecule has 3 aromatic rings. The zero-order valence-corrected chi connectivity index (χ0v) is 13.3. The summed E-state index contributed by atoms with van der Waals surface area (Å²) in [5.74, 6) is 0.0377. The highest BCUT2D eigenvalue weighted by atomic mass is 32.2. The number of tetrazole rings is 1. The van der Waals surface area contributed by atoms with Gasteiger partial charge in [-0.2, -0.15) is 0 Å². The van der Waals surface area contributed by atoms with Crippen LogP contribution in [-0.4, -0.2) is 26.3 Å². The Hall–Kier alpha value is -2.19. The fourth-order valence-corrected chi connectivity index (χ4v) is 3.73. The molecule has 0 aliphatic rings. The molecular formula is C14H12N4O2S2. The van der Waals surface area contributed by atoms with E-state index in [0.717, 1.165) is 18.8 Å². The first-order valence-electron chi connectivity index (χ1n) is 6.59. The molecule has 0 aliphatic heterocycles. The van der Waals surface area contributed by atoms with E-state index in [2.05, 4.69) is 27.7 Å². The van der Waals surface area contributed by atoms with Crippen LogP contribution in [0.1, 0.15) is 13.3 Å². The van der Waals surface area contributed by atoms with Crippen LogP contribution in [0.3, 0.4) is 0 Å². The van der Waals surface area contributed by atoms with E-state index in [9.17, 15) is 4.79 Å². The van der Waals surface area contributed by atoms with Gasteiger partial charge in [0.25, 0.3) is 0 Å². The second-order valence-electron chi connectivity index (χ2n) is 4.23. The second kappa shape index (κ2) is 6.71. The van der Waals surface area contributed by atoms with Crippen LogP contribution >= 0.6 is 23.1 Å². The van der Waals surface area contributed by atoms with Crippen molar-refractivity contribution in [3.63, 3.8) is 0 Å². The average molecular weight is 332 g/mol. The molecule has 0 atom stereocenters. The summed E-state index contributed by atoms with van der Waals surface area (Å²) >= 11 is 3.21. The molecule has 2 aromatic heterocycles. The van der Waals surface area contributed by atoms with Crippen molar-refractivity contribution in [3.05, 3.63) is 42.5 Å². The Labute approximate surface area is 135 Å². The van der Waals surface area contributed by atoms with Crippen LogP contribution in [0.25, 0.3) is 10.7 Å². The maximum Gasteiger partial charge on any atom is 0.334 e. The lowest BCUT2D eigenvalue weighted by Crippen LogP contribution is -2.20. The number of carbonyl (C=O) groups is 1. The molecule has 0 radical (unpaired) electrons. The summed E-state index contributed by atoms with van der Waals surface area (Å²) in [6.07, 6.45) is 0.263. The fraction of sp³-hybridized carbons (Fsp3) is 0.143. The van der Waals surface area contributed by atoms with Crippen molar-refractivity contribution >= 4 is 29.1 Å². The van der Waals surface area contributed by atoms with Crippen molar-refractivity contribution in [2.24, 2.45) is 0 Å². The highest BCUT2D eigenvalue weighted by Gasteiger charge is 2.15. The molecule has 0 unspecified atom stereocenters. The highest BCUT2D eigenvalue weighted by Crippen LogP contribution is 2.36. The molecular weight excluding hydrogens is 320 g/mol. The monoisotopic (exact) mass is 332 g/mol. The molecule has 6 nitrogen and oxygen atoms in total. The number of hydrogen-bond donors (Lipinski definition) is 0. The number of benzene rings is 1. The van der Waals surface area contributed by atoms with Crippen LogP contribution in [0.2, 0.25) is 0 Å². The Bertz CT molecular complexity index is 770. The molecule has 0 saturated carbocycles. The van der Waals surface area contributed by atoms with Gasteiger partial charge in [0.2, 0.25) is 5.82 Å². The average Bonchev–Trinajstić information content (AvgIpc) is 3.17. The molecule has 8 heteroatoms. The van der Waals surface area contributed by atoms with Gasteiger partial charge in [0, 0.05) is 11.3 Å². The molecule has 0 N–H and O–H groups in total. The van der Waals surface area contributed by atoms with Gasteiger partial charge in [-0.3, -0.25) is 0 Å². The summed E-state index contributed by atoms with van der Waals surface area (Å²) in [6.45, 7) is 1.71. The topological polar surface area (TPSA) is 69.9 Å². The molecule has 0 bridgehead atoms. The van der Waals surface area contributed by atoms with Gasteiger partial charge in [-0.15, -0.1) is 16.4 Å². The van der Waals surface area contributed by atoms with E-state index in [1.165, 1.54) is 0 Å². The first-order valence-corrected chi connectivity index (χ1v) is 8.22. The summed E-state index contributed by atoms with van der Waals surface area (Å²) < 4.78 is 1.11. The van der Waals surface area contributed by atoms with Crippen LogP contribution in [0, 0.1) is 0 Å². The SMILES string of the molecule is CCC(=O)On1nnnc1-c1ccc(Sc2ccccc2)s1. The maximum atomic E-state index is 11.4. The zero-order valence-electron chi connectivity index (χ0n) is 11.7. The van der Waals surface area contributed by atoms with E-state index in [-0.39, 0.29) is 12.4 Å². The zero-order chi connectivity index (χ0) is 15.4. The second-order valence-corrected chi connectivity index (χ2v) is 6.68. The molecule has 0 saturated heterocycles.